The molecule has 0 bridgehead atoms. The van der Waals surface area contributed by atoms with Crippen molar-refractivity contribution in [2.45, 2.75) is 64.9 Å². The quantitative estimate of drug-likeness (QED) is 0.841. The maximum atomic E-state index is 12.1. The normalized spacial score (nSPS) is 22.2. The average Bonchev–Trinajstić information content (AvgIpc) is 2.87. The third-order valence-corrected chi connectivity index (χ3v) is 4.29. The summed E-state index contributed by atoms with van der Waals surface area (Å²) in [6.07, 6.45) is 5.50. The van der Waals surface area contributed by atoms with E-state index in [9.17, 15) is 9.90 Å². The van der Waals surface area contributed by atoms with Gasteiger partial charge < -0.3 is 14.9 Å². The van der Waals surface area contributed by atoms with E-state index in [0.717, 1.165) is 55.5 Å². The van der Waals surface area contributed by atoms with Crippen LogP contribution >= 0.6 is 0 Å². The highest BCUT2D eigenvalue weighted by atomic mass is 16.5. The van der Waals surface area contributed by atoms with Crippen LogP contribution in [0.4, 0.5) is 0 Å². The van der Waals surface area contributed by atoms with Gasteiger partial charge in [0.25, 0.3) is 0 Å². The number of nitrogens with zero attached hydrogens (tertiary/aromatic N) is 1. The van der Waals surface area contributed by atoms with Crippen molar-refractivity contribution in [1.82, 2.24) is 10.5 Å². The first-order chi connectivity index (χ1) is 10.1. The van der Waals surface area contributed by atoms with Gasteiger partial charge in [0, 0.05) is 18.5 Å². The molecule has 2 atom stereocenters. The average molecular weight is 294 g/mol. The van der Waals surface area contributed by atoms with Gasteiger partial charge in [-0.05, 0) is 31.6 Å². The van der Waals surface area contributed by atoms with Crippen LogP contribution in [-0.2, 0) is 24.1 Å². The van der Waals surface area contributed by atoms with E-state index in [2.05, 4.69) is 10.5 Å². The van der Waals surface area contributed by atoms with E-state index < -0.39 is 0 Å². The fourth-order valence-corrected chi connectivity index (χ4v) is 3.07. The topological polar surface area (TPSA) is 75.4 Å². The smallest absolute Gasteiger partial charge is 0.224 e. The van der Waals surface area contributed by atoms with Crippen LogP contribution in [0.3, 0.4) is 0 Å². The Hall–Kier alpha value is -1.36. The number of aromatic nitrogens is 1. The molecule has 1 aromatic rings. The van der Waals surface area contributed by atoms with E-state index in [1.165, 1.54) is 0 Å². The number of hydrogen-bond acceptors (Lipinski definition) is 4. The lowest BCUT2D eigenvalue weighted by molar-refractivity contribution is -0.120. The molecule has 2 unspecified atom stereocenters. The number of aryl methyl sites for hydroxylation is 2. The molecule has 2 rings (SSSR count). The summed E-state index contributed by atoms with van der Waals surface area (Å²) in [5, 5.41) is 16.7. The van der Waals surface area contributed by atoms with Crippen LogP contribution in [0.1, 0.15) is 56.5 Å². The van der Waals surface area contributed by atoms with Gasteiger partial charge in [-0.1, -0.05) is 25.4 Å². The third-order valence-electron chi connectivity index (χ3n) is 4.29. The lowest BCUT2D eigenvalue weighted by Crippen LogP contribution is -2.34. The number of carbonyl (C=O) groups is 1. The minimum absolute atomic E-state index is 0.0164. The summed E-state index contributed by atoms with van der Waals surface area (Å²) in [6.45, 7) is 4.68. The Kier molecular flexibility index (Phi) is 5.79. The second-order valence-corrected chi connectivity index (χ2v) is 5.91. The molecule has 2 N–H and O–H groups in total. The van der Waals surface area contributed by atoms with Crippen molar-refractivity contribution in [3.8, 4) is 0 Å². The van der Waals surface area contributed by atoms with Gasteiger partial charge in [-0.15, -0.1) is 0 Å². The first-order valence-electron chi connectivity index (χ1n) is 8.05. The number of rotatable bonds is 6. The van der Waals surface area contributed by atoms with Gasteiger partial charge in [0.2, 0.25) is 5.91 Å². The molecule has 1 saturated carbocycles. The Balaban J connectivity index is 1.85. The maximum Gasteiger partial charge on any atom is 0.224 e. The lowest BCUT2D eigenvalue weighted by Gasteiger charge is -2.25. The molecule has 1 amide bonds. The summed E-state index contributed by atoms with van der Waals surface area (Å²) < 4.78 is 5.28. The third kappa shape index (κ3) is 4.30. The van der Waals surface area contributed by atoms with Crippen molar-refractivity contribution in [2.75, 3.05) is 6.54 Å². The first-order valence-corrected chi connectivity index (χ1v) is 8.05. The summed E-state index contributed by atoms with van der Waals surface area (Å²) >= 11 is 0. The zero-order valence-electron chi connectivity index (χ0n) is 13.0. The predicted octanol–water partition coefficient (Wildman–Crippen LogP) is 2.01. The highest BCUT2D eigenvalue weighted by molar-refractivity contribution is 5.79. The first kappa shape index (κ1) is 16.0. The van der Waals surface area contributed by atoms with Crippen LogP contribution in [0.15, 0.2) is 4.52 Å². The Morgan fingerprint density at radius 3 is 2.86 bits per heavy atom. The molecule has 5 nitrogen and oxygen atoms in total. The Morgan fingerprint density at radius 2 is 2.19 bits per heavy atom. The summed E-state index contributed by atoms with van der Waals surface area (Å²) in [6, 6.07) is 0. The maximum absolute atomic E-state index is 12.1. The molecule has 21 heavy (non-hydrogen) atoms. The number of amides is 1. The molecule has 0 spiro atoms. The van der Waals surface area contributed by atoms with Gasteiger partial charge in [0.1, 0.15) is 5.76 Å². The second kappa shape index (κ2) is 7.59. The van der Waals surface area contributed by atoms with Crippen LogP contribution in [0.2, 0.25) is 0 Å². The number of carbonyl (C=O) groups excluding carboxylic acids is 1. The molecule has 0 radical (unpaired) electrons. The van der Waals surface area contributed by atoms with Gasteiger partial charge in [-0.25, -0.2) is 0 Å². The minimum atomic E-state index is -0.197. The van der Waals surface area contributed by atoms with E-state index in [1.54, 1.807) is 0 Å². The van der Waals surface area contributed by atoms with E-state index in [1.807, 2.05) is 13.8 Å². The molecule has 1 heterocycles. The summed E-state index contributed by atoms with van der Waals surface area (Å²) in [7, 11) is 0. The number of nitrogens with one attached hydrogen (secondary N) is 1. The number of hydrogen-bond donors (Lipinski definition) is 2. The molecule has 0 saturated heterocycles. The highest BCUT2D eigenvalue weighted by Crippen LogP contribution is 2.23. The predicted molar refractivity (Wildman–Crippen MR) is 79.9 cm³/mol. The van der Waals surface area contributed by atoms with E-state index in [4.69, 9.17) is 4.52 Å². The largest absolute Gasteiger partial charge is 0.393 e. The molecule has 0 aliphatic heterocycles. The molecule has 5 heteroatoms. The number of aliphatic hydroxyl groups is 1. The van der Waals surface area contributed by atoms with Crippen LogP contribution in [0, 0.1) is 5.92 Å². The van der Waals surface area contributed by atoms with Crippen molar-refractivity contribution in [3.63, 3.8) is 0 Å². The Morgan fingerprint density at radius 1 is 1.38 bits per heavy atom. The van der Waals surface area contributed by atoms with E-state index in [-0.39, 0.29) is 12.0 Å². The second-order valence-electron chi connectivity index (χ2n) is 5.91. The molecule has 118 valence electrons. The fraction of sp³-hybridized carbons (Fsp3) is 0.750. The zero-order chi connectivity index (χ0) is 15.2. The van der Waals surface area contributed by atoms with Gasteiger partial charge in [-0.3, -0.25) is 4.79 Å². The van der Waals surface area contributed by atoms with Crippen LogP contribution in [0.25, 0.3) is 0 Å². The minimum Gasteiger partial charge on any atom is -0.393 e. The molecular formula is C16H26N2O3. The molecule has 1 fully saturated rings. The van der Waals surface area contributed by atoms with Crippen LogP contribution in [-0.4, -0.2) is 28.8 Å². The van der Waals surface area contributed by atoms with Gasteiger partial charge >= 0.3 is 0 Å². The van der Waals surface area contributed by atoms with Crippen molar-refractivity contribution in [2.24, 2.45) is 5.92 Å². The van der Waals surface area contributed by atoms with Crippen LogP contribution < -0.4 is 5.32 Å². The molecule has 1 aliphatic rings. The van der Waals surface area contributed by atoms with E-state index in [0.29, 0.717) is 18.9 Å². The summed E-state index contributed by atoms with van der Waals surface area (Å²) in [5.74, 6) is 1.23. The van der Waals surface area contributed by atoms with Crippen LogP contribution in [0.5, 0.6) is 0 Å². The standard InChI is InChI=1S/C16H26N2O3/c1-3-14-13(15(4-2)21-18-14)9-16(20)17-10-11-6-5-7-12(19)8-11/h11-12,19H,3-10H2,1-2H3,(H,17,20). The Labute approximate surface area is 126 Å². The molecule has 1 aromatic heterocycles. The van der Waals surface area contributed by atoms with Crippen molar-refractivity contribution in [1.29, 1.82) is 0 Å². The highest BCUT2D eigenvalue weighted by Gasteiger charge is 2.21. The lowest BCUT2D eigenvalue weighted by atomic mass is 9.87. The van der Waals surface area contributed by atoms with Gasteiger partial charge in [-0.2, -0.15) is 0 Å². The van der Waals surface area contributed by atoms with Gasteiger partial charge in [0.05, 0.1) is 18.2 Å². The molecular weight excluding hydrogens is 268 g/mol. The van der Waals surface area contributed by atoms with Crippen molar-refractivity contribution < 1.29 is 14.4 Å². The van der Waals surface area contributed by atoms with E-state index >= 15 is 0 Å². The number of aliphatic hydroxyl groups excluding tert-OH is 1. The van der Waals surface area contributed by atoms with Crippen molar-refractivity contribution >= 4 is 5.91 Å². The SMILES string of the molecule is CCc1noc(CC)c1CC(=O)NCC1CCCC(O)C1. The molecule has 0 aromatic carbocycles. The summed E-state index contributed by atoms with van der Waals surface area (Å²) in [5.41, 5.74) is 1.83. The zero-order valence-corrected chi connectivity index (χ0v) is 13.0. The summed E-state index contributed by atoms with van der Waals surface area (Å²) in [4.78, 5) is 12.1. The monoisotopic (exact) mass is 294 g/mol. The van der Waals surface area contributed by atoms with Crippen molar-refractivity contribution in [3.05, 3.63) is 17.0 Å². The van der Waals surface area contributed by atoms with Gasteiger partial charge in [0.15, 0.2) is 0 Å². The Bertz CT molecular complexity index is 449. The fourth-order valence-electron chi connectivity index (χ4n) is 3.07. The molecule has 1 aliphatic carbocycles.